The molecule has 1 aliphatic heterocycles. The van der Waals surface area contributed by atoms with E-state index in [2.05, 4.69) is 19.7 Å². The lowest BCUT2D eigenvalue weighted by Crippen LogP contribution is -2.28. The molecule has 0 unspecified atom stereocenters. The molecule has 29 heavy (non-hydrogen) atoms. The molecule has 1 aliphatic rings. The van der Waals surface area contributed by atoms with E-state index in [1.165, 1.54) is 19.1 Å². The lowest BCUT2D eigenvalue weighted by molar-refractivity contribution is 0.599. The van der Waals surface area contributed by atoms with Crippen molar-refractivity contribution in [2.75, 3.05) is 46.3 Å². The van der Waals surface area contributed by atoms with Crippen molar-refractivity contribution < 1.29 is 16.8 Å². The summed E-state index contributed by atoms with van der Waals surface area (Å²) in [6, 6.07) is 13.0. The van der Waals surface area contributed by atoms with Gasteiger partial charge in [0.1, 0.15) is 0 Å². The molecule has 0 aromatic heterocycles. The summed E-state index contributed by atoms with van der Waals surface area (Å²) in [7, 11) is -7.44. The van der Waals surface area contributed by atoms with Gasteiger partial charge in [-0.05, 0) is 50.2 Å². The molecule has 0 bridgehead atoms. The number of hydrogen-bond donors (Lipinski definition) is 3. The van der Waals surface area contributed by atoms with Crippen molar-refractivity contribution in [3.8, 4) is 0 Å². The second-order valence-electron chi connectivity index (χ2n) is 6.74. The van der Waals surface area contributed by atoms with Crippen LogP contribution in [0.1, 0.15) is 13.3 Å². The molecule has 0 saturated carbocycles. The first-order chi connectivity index (χ1) is 13.8. The van der Waals surface area contributed by atoms with Gasteiger partial charge in [0, 0.05) is 25.3 Å². The Balaban J connectivity index is 1.97. The summed E-state index contributed by atoms with van der Waals surface area (Å²) in [4.78, 5) is 2.26. The molecule has 158 valence electrons. The van der Waals surface area contributed by atoms with Crippen LogP contribution >= 0.6 is 0 Å². The molecule has 2 aromatic rings. The fraction of sp³-hybridized carbons (Fsp3) is 0.368. The summed E-state index contributed by atoms with van der Waals surface area (Å²) in [5.41, 5.74) is 1.23. The Morgan fingerprint density at radius 2 is 1.69 bits per heavy atom. The van der Waals surface area contributed by atoms with Crippen LogP contribution in [0.5, 0.6) is 0 Å². The molecule has 10 heteroatoms. The number of rotatable bonds is 7. The number of hydrogen-bond acceptors (Lipinski definition) is 6. The van der Waals surface area contributed by atoms with Crippen LogP contribution in [0, 0.1) is 0 Å². The first-order valence-electron chi connectivity index (χ1n) is 9.49. The van der Waals surface area contributed by atoms with Crippen LogP contribution in [0.3, 0.4) is 0 Å². The number of nitrogens with zero attached hydrogens (tertiary/aromatic N) is 1. The van der Waals surface area contributed by atoms with Crippen molar-refractivity contribution in [1.29, 1.82) is 0 Å². The maximum Gasteiger partial charge on any atom is 0.261 e. The average molecular weight is 439 g/mol. The van der Waals surface area contributed by atoms with E-state index in [0.717, 1.165) is 38.3 Å². The van der Waals surface area contributed by atoms with Crippen LogP contribution in [0.15, 0.2) is 53.4 Å². The van der Waals surface area contributed by atoms with Crippen molar-refractivity contribution >= 4 is 37.1 Å². The predicted octanol–water partition coefficient (Wildman–Crippen LogP) is 2.05. The summed E-state index contributed by atoms with van der Waals surface area (Å²) in [6.07, 6.45) is 0.971. The summed E-state index contributed by atoms with van der Waals surface area (Å²) >= 11 is 0. The van der Waals surface area contributed by atoms with E-state index < -0.39 is 20.0 Å². The van der Waals surface area contributed by atoms with E-state index in [9.17, 15) is 16.8 Å². The summed E-state index contributed by atoms with van der Waals surface area (Å²) in [5, 5.41) is 3.32. The average Bonchev–Trinajstić information content (AvgIpc) is 2.99. The SMILES string of the molecule is CCS(=O)(=O)Nc1cc(N2CCCNCC2)ccc1NS(=O)(=O)c1ccccc1. The van der Waals surface area contributed by atoms with Gasteiger partial charge >= 0.3 is 0 Å². The minimum absolute atomic E-state index is 0.104. The van der Waals surface area contributed by atoms with Crippen molar-refractivity contribution in [3.63, 3.8) is 0 Å². The van der Waals surface area contributed by atoms with Crippen molar-refractivity contribution in [3.05, 3.63) is 48.5 Å². The minimum atomic E-state index is -3.85. The van der Waals surface area contributed by atoms with Crippen LogP contribution < -0.4 is 19.7 Å². The Hall–Kier alpha value is -2.30. The molecule has 1 fully saturated rings. The molecule has 1 heterocycles. The third-order valence-corrected chi connectivity index (χ3v) is 7.32. The normalized spacial score (nSPS) is 15.6. The number of anilines is 3. The van der Waals surface area contributed by atoms with Gasteiger partial charge in [-0.1, -0.05) is 18.2 Å². The quantitative estimate of drug-likeness (QED) is 0.611. The summed E-state index contributed by atoms with van der Waals surface area (Å²) in [6.45, 7) is 4.91. The standard InChI is InChI=1S/C19H26N4O4S2/c1-2-28(24,25)21-19-15-16(23-13-6-11-20-12-14-23)9-10-18(19)22-29(26,27)17-7-4-3-5-8-17/h3-5,7-10,15,20-22H,2,6,11-14H2,1H3. The van der Waals surface area contributed by atoms with Crippen LogP contribution in [-0.4, -0.2) is 48.8 Å². The smallest absolute Gasteiger partial charge is 0.261 e. The molecule has 0 spiro atoms. The second-order valence-corrected chi connectivity index (χ2v) is 10.4. The number of benzene rings is 2. The van der Waals surface area contributed by atoms with Crippen molar-refractivity contribution in [2.45, 2.75) is 18.2 Å². The highest BCUT2D eigenvalue weighted by Crippen LogP contribution is 2.31. The Morgan fingerprint density at radius 1 is 0.931 bits per heavy atom. The first kappa shape index (κ1) is 21.4. The molecule has 8 nitrogen and oxygen atoms in total. The van der Waals surface area contributed by atoms with E-state index in [1.54, 1.807) is 36.4 Å². The zero-order valence-electron chi connectivity index (χ0n) is 16.3. The zero-order valence-corrected chi connectivity index (χ0v) is 17.9. The van der Waals surface area contributed by atoms with Gasteiger partial charge in [-0.3, -0.25) is 9.44 Å². The highest BCUT2D eigenvalue weighted by Gasteiger charge is 2.19. The van der Waals surface area contributed by atoms with Crippen molar-refractivity contribution in [1.82, 2.24) is 5.32 Å². The summed E-state index contributed by atoms with van der Waals surface area (Å²) in [5.74, 6) is -0.115. The molecular weight excluding hydrogens is 412 g/mol. The van der Waals surface area contributed by atoms with Crippen LogP contribution in [0.25, 0.3) is 0 Å². The van der Waals surface area contributed by atoms with Crippen LogP contribution in [0.4, 0.5) is 17.1 Å². The fourth-order valence-electron chi connectivity index (χ4n) is 3.05. The van der Waals surface area contributed by atoms with E-state index in [0.29, 0.717) is 0 Å². The maximum atomic E-state index is 12.7. The number of sulfonamides is 2. The zero-order chi connectivity index (χ0) is 20.9. The maximum absolute atomic E-state index is 12.7. The summed E-state index contributed by atoms with van der Waals surface area (Å²) < 4.78 is 54.8. The highest BCUT2D eigenvalue weighted by atomic mass is 32.2. The molecule has 0 radical (unpaired) electrons. The van der Waals surface area contributed by atoms with Gasteiger partial charge in [0.15, 0.2) is 0 Å². The third kappa shape index (κ3) is 5.62. The van der Waals surface area contributed by atoms with Crippen molar-refractivity contribution in [2.24, 2.45) is 0 Å². The Bertz CT molecular complexity index is 1030. The Morgan fingerprint density at radius 3 is 2.41 bits per heavy atom. The highest BCUT2D eigenvalue weighted by molar-refractivity contribution is 7.93. The Labute approximate surface area is 172 Å². The van der Waals surface area contributed by atoms with Gasteiger partial charge in [0.25, 0.3) is 10.0 Å². The Kier molecular flexibility index (Phi) is 6.66. The molecular formula is C19H26N4O4S2. The molecule has 0 aliphatic carbocycles. The molecule has 1 saturated heterocycles. The van der Waals surface area contributed by atoms with Crippen LogP contribution in [0.2, 0.25) is 0 Å². The molecule has 3 rings (SSSR count). The second kappa shape index (κ2) is 9.02. The third-order valence-electron chi connectivity index (χ3n) is 4.65. The van der Waals surface area contributed by atoms with Gasteiger partial charge in [-0.25, -0.2) is 16.8 Å². The monoisotopic (exact) mass is 438 g/mol. The lowest BCUT2D eigenvalue weighted by Gasteiger charge is -2.24. The van der Waals surface area contributed by atoms with Crippen LogP contribution in [-0.2, 0) is 20.0 Å². The molecule has 0 atom stereocenters. The van der Waals surface area contributed by atoms with Gasteiger partial charge in [-0.2, -0.15) is 0 Å². The minimum Gasteiger partial charge on any atom is -0.370 e. The van der Waals surface area contributed by atoms with E-state index in [4.69, 9.17) is 0 Å². The fourth-order valence-corrected chi connectivity index (χ4v) is 4.80. The van der Waals surface area contributed by atoms with E-state index >= 15 is 0 Å². The van der Waals surface area contributed by atoms with Gasteiger partial charge in [0.2, 0.25) is 10.0 Å². The van der Waals surface area contributed by atoms with Gasteiger partial charge in [0.05, 0.1) is 22.0 Å². The van der Waals surface area contributed by atoms with Gasteiger partial charge < -0.3 is 10.2 Å². The largest absolute Gasteiger partial charge is 0.370 e. The predicted molar refractivity (Wildman–Crippen MR) is 116 cm³/mol. The molecule has 0 amide bonds. The number of nitrogens with one attached hydrogen (secondary N) is 3. The topological polar surface area (TPSA) is 108 Å². The van der Waals surface area contributed by atoms with Gasteiger partial charge in [-0.15, -0.1) is 0 Å². The lowest BCUT2D eigenvalue weighted by atomic mass is 10.2. The molecule has 2 aromatic carbocycles. The molecule has 3 N–H and O–H groups in total. The van der Waals surface area contributed by atoms with E-state index in [-0.39, 0.29) is 22.0 Å². The van der Waals surface area contributed by atoms with E-state index in [1.807, 2.05) is 0 Å². The first-order valence-corrected chi connectivity index (χ1v) is 12.6.